The fourth-order valence-corrected chi connectivity index (χ4v) is 4.47. The van der Waals surface area contributed by atoms with Crippen LogP contribution in [0.3, 0.4) is 0 Å². The van der Waals surface area contributed by atoms with Gasteiger partial charge < -0.3 is 10.2 Å². The summed E-state index contributed by atoms with van der Waals surface area (Å²) in [4.78, 5) is 38.0. The van der Waals surface area contributed by atoms with Crippen molar-refractivity contribution in [2.75, 3.05) is 23.7 Å². The number of anilines is 1. The smallest absolute Gasteiger partial charge is 0.241 e. The van der Waals surface area contributed by atoms with E-state index in [2.05, 4.69) is 5.32 Å². The number of carbonyl (C=O) groups excluding carboxylic acids is 3. The van der Waals surface area contributed by atoms with E-state index in [0.29, 0.717) is 18.5 Å². The lowest BCUT2D eigenvalue weighted by Gasteiger charge is -2.23. The Bertz CT molecular complexity index is 1130. The number of amides is 2. The summed E-state index contributed by atoms with van der Waals surface area (Å²) < 4.78 is 25.6. The number of carbonyl (C=O) groups is 3. The van der Waals surface area contributed by atoms with E-state index in [9.17, 15) is 22.8 Å². The molecule has 1 saturated heterocycles. The zero-order chi connectivity index (χ0) is 23.3. The number of hydrogen-bond acceptors (Lipinski definition) is 5. The summed E-state index contributed by atoms with van der Waals surface area (Å²) in [6.45, 7) is 2.40. The molecule has 1 fully saturated rings. The molecule has 1 aliphatic heterocycles. The number of sulfonamides is 1. The maximum Gasteiger partial charge on any atom is 0.241 e. The molecule has 2 amide bonds. The van der Waals surface area contributed by atoms with Crippen molar-refractivity contribution in [3.05, 3.63) is 65.2 Å². The SMILES string of the molecule is CC(=O)c1cccc(N(CC(=O)NCc2ccccc2CN2CCCC2=O)S(C)(=O)=O)c1. The zero-order valence-corrected chi connectivity index (χ0v) is 19.0. The molecule has 2 aromatic carbocycles. The van der Waals surface area contributed by atoms with Gasteiger partial charge in [-0.2, -0.15) is 0 Å². The molecule has 0 saturated carbocycles. The van der Waals surface area contributed by atoms with Gasteiger partial charge in [0, 0.05) is 31.6 Å². The summed E-state index contributed by atoms with van der Waals surface area (Å²) in [5, 5.41) is 2.77. The minimum absolute atomic E-state index is 0.125. The second-order valence-electron chi connectivity index (χ2n) is 7.84. The number of Topliss-reactive ketones (excluding diaryl/α,β-unsaturated/α-hetero) is 1. The molecule has 0 bridgehead atoms. The standard InChI is InChI=1S/C23H27N3O5S/c1-17(27)18-9-5-10-21(13-18)26(32(2,30)31)16-22(28)24-14-19-7-3-4-8-20(19)15-25-12-6-11-23(25)29/h3-5,7-10,13H,6,11-12,14-16H2,1-2H3,(H,24,28). The third-order valence-corrected chi connectivity index (χ3v) is 6.50. The van der Waals surface area contributed by atoms with Crippen LogP contribution in [0.15, 0.2) is 48.5 Å². The zero-order valence-electron chi connectivity index (χ0n) is 18.2. The molecule has 0 radical (unpaired) electrons. The molecule has 1 N–H and O–H groups in total. The summed E-state index contributed by atoms with van der Waals surface area (Å²) in [5.41, 5.74) is 2.42. The van der Waals surface area contributed by atoms with Crippen LogP contribution in [0.1, 0.15) is 41.3 Å². The van der Waals surface area contributed by atoms with Crippen LogP contribution in [-0.4, -0.2) is 50.3 Å². The first-order chi connectivity index (χ1) is 15.1. The second kappa shape index (κ2) is 9.95. The Hall–Kier alpha value is -3.20. The van der Waals surface area contributed by atoms with Crippen molar-refractivity contribution in [2.45, 2.75) is 32.9 Å². The van der Waals surface area contributed by atoms with Crippen LogP contribution in [0.5, 0.6) is 0 Å². The molecular weight excluding hydrogens is 430 g/mol. The molecule has 3 rings (SSSR count). The minimum Gasteiger partial charge on any atom is -0.350 e. The normalized spacial score (nSPS) is 13.8. The van der Waals surface area contributed by atoms with Gasteiger partial charge >= 0.3 is 0 Å². The van der Waals surface area contributed by atoms with Crippen LogP contribution in [-0.2, 0) is 32.7 Å². The van der Waals surface area contributed by atoms with Crippen LogP contribution in [0.25, 0.3) is 0 Å². The lowest BCUT2D eigenvalue weighted by Crippen LogP contribution is -2.40. The molecular formula is C23H27N3O5S. The summed E-state index contributed by atoms with van der Waals surface area (Å²) in [7, 11) is -3.75. The molecule has 1 heterocycles. The molecule has 2 aromatic rings. The maximum absolute atomic E-state index is 12.6. The molecule has 8 nitrogen and oxygen atoms in total. The summed E-state index contributed by atoms with van der Waals surface area (Å²) >= 11 is 0. The highest BCUT2D eigenvalue weighted by Crippen LogP contribution is 2.20. The largest absolute Gasteiger partial charge is 0.350 e. The van der Waals surface area contributed by atoms with Crippen LogP contribution >= 0.6 is 0 Å². The molecule has 0 spiro atoms. The average Bonchev–Trinajstić information content (AvgIpc) is 3.15. The number of likely N-dealkylation sites (tertiary alicyclic amines) is 1. The third kappa shape index (κ3) is 5.94. The topological polar surface area (TPSA) is 104 Å². The van der Waals surface area contributed by atoms with Crippen molar-refractivity contribution in [1.82, 2.24) is 10.2 Å². The fraction of sp³-hybridized carbons (Fsp3) is 0.348. The van der Waals surface area contributed by atoms with Crippen LogP contribution in [0.4, 0.5) is 5.69 Å². The van der Waals surface area contributed by atoms with Crippen molar-refractivity contribution in [3.8, 4) is 0 Å². The highest BCUT2D eigenvalue weighted by Gasteiger charge is 2.23. The van der Waals surface area contributed by atoms with E-state index in [0.717, 1.165) is 34.7 Å². The fourth-order valence-electron chi connectivity index (χ4n) is 3.62. The van der Waals surface area contributed by atoms with Crippen molar-refractivity contribution < 1.29 is 22.8 Å². The van der Waals surface area contributed by atoms with E-state index >= 15 is 0 Å². The number of rotatable bonds is 9. The Morgan fingerprint density at radius 3 is 2.44 bits per heavy atom. The van der Waals surface area contributed by atoms with E-state index in [-0.39, 0.29) is 23.9 Å². The van der Waals surface area contributed by atoms with Gasteiger partial charge in [-0.05, 0) is 36.6 Å². The van der Waals surface area contributed by atoms with Crippen molar-refractivity contribution >= 4 is 33.3 Å². The Morgan fingerprint density at radius 2 is 1.81 bits per heavy atom. The van der Waals surface area contributed by atoms with Gasteiger partial charge in [0.15, 0.2) is 5.78 Å². The van der Waals surface area contributed by atoms with E-state index in [1.165, 1.54) is 13.0 Å². The molecule has 1 aliphatic rings. The van der Waals surface area contributed by atoms with E-state index in [4.69, 9.17) is 0 Å². The van der Waals surface area contributed by atoms with E-state index < -0.39 is 22.5 Å². The molecule has 32 heavy (non-hydrogen) atoms. The van der Waals surface area contributed by atoms with Crippen LogP contribution in [0, 0.1) is 0 Å². The van der Waals surface area contributed by atoms with Crippen molar-refractivity contribution in [1.29, 1.82) is 0 Å². The van der Waals surface area contributed by atoms with Crippen LogP contribution < -0.4 is 9.62 Å². The number of nitrogens with one attached hydrogen (secondary N) is 1. The number of nitrogens with zero attached hydrogens (tertiary/aromatic N) is 2. The number of benzene rings is 2. The van der Waals surface area contributed by atoms with Crippen molar-refractivity contribution in [3.63, 3.8) is 0 Å². The second-order valence-corrected chi connectivity index (χ2v) is 9.75. The average molecular weight is 458 g/mol. The lowest BCUT2D eigenvalue weighted by atomic mass is 10.1. The van der Waals surface area contributed by atoms with Gasteiger partial charge in [0.05, 0.1) is 11.9 Å². The van der Waals surface area contributed by atoms with Gasteiger partial charge in [0.25, 0.3) is 0 Å². The van der Waals surface area contributed by atoms with Gasteiger partial charge in [-0.3, -0.25) is 18.7 Å². The Labute approximate surface area is 188 Å². The number of hydrogen-bond donors (Lipinski definition) is 1. The predicted molar refractivity (Wildman–Crippen MR) is 122 cm³/mol. The van der Waals surface area contributed by atoms with Gasteiger partial charge in [-0.15, -0.1) is 0 Å². The molecule has 0 unspecified atom stereocenters. The first-order valence-electron chi connectivity index (χ1n) is 10.3. The monoisotopic (exact) mass is 457 g/mol. The highest BCUT2D eigenvalue weighted by molar-refractivity contribution is 7.92. The Morgan fingerprint density at radius 1 is 1.09 bits per heavy atom. The number of ketones is 1. The minimum atomic E-state index is -3.75. The summed E-state index contributed by atoms with van der Waals surface area (Å²) in [5.74, 6) is -0.547. The molecule has 0 aliphatic carbocycles. The molecule has 0 aromatic heterocycles. The van der Waals surface area contributed by atoms with E-state index in [1.54, 1.807) is 23.1 Å². The summed E-state index contributed by atoms with van der Waals surface area (Å²) in [6.07, 6.45) is 2.43. The van der Waals surface area contributed by atoms with Crippen molar-refractivity contribution in [2.24, 2.45) is 0 Å². The maximum atomic E-state index is 12.6. The summed E-state index contributed by atoms with van der Waals surface area (Å²) in [6, 6.07) is 13.7. The molecule has 9 heteroatoms. The first kappa shape index (κ1) is 23.5. The molecule has 0 atom stereocenters. The Balaban J connectivity index is 1.70. The molecule has 170 valence electrons. The highest BCUT2D eigenvalue weighted by atomic mass is 32.2. The third-order valence-electron chi connectivity index (χ3n) is 5.36. The first-order valence-corrected chi connectivity index (χ1v) is 12.2. The predicted octanol–water partition coefficient (Wildman–Crippen LogP) is 2.09. The van der Waals surface area contributed by atoms with Crippen LogP contribution in [0.2, 0.25) is 0 Å². The van der Waals surface area contributed by atoms with Gasteiger partial charge in [0.2, 0.25) is 21.8 Å². The van der Waals surface area contributed by atoms with E-state index in [1.807, 2.05) is 24.3 Å². The quantitative estimate of drug-likeness (QED) is 0.581. The van der Waals surface area contributed by atoms with Gasteiger partial charge in [0.1, 0.15) is 6.54 Å². The lowest BCUT2D eigenvalue weighted by molar-refractivity contribution is -0.128. The van der Waals surface area contributed by atoms with Gasteiger partial charge in [-0.25, -0.2) is 8.42 Å². The van der Waals surface area contributed by atoms with Gasteiger partial charge in [-0.1, -0.05) is 36.4 Å². The Kier molecular flexibility index (Phi) is 7.29.